The Bertz CT molecular complexity index is 649. The van der Waals surface area contributed by atoms with Gasteiger partial charge < -0.3 is 10.7 Å². The monoisotopic (exact) mass is 213 g/mol. The molecule has 0 unspecified atom stereocenters. The maximum absolute atomic E-state index is 5.86. The summed E-state index contributed by atoms with van der Waals surface area (Å²) in [6, 6.07) is 5.70. The van der Waals surface area contributed by atoms with E-state index >= 15 is 0 Å². The summed E-state index contributed by atoms with van der Waals surface area (Å²) in [5.41, 5.74) is 10.2. The molecule has 0 aliphatic carbocycles. The van der Waals surface area contributed by atoms with Crippen LogP contribution >= 0.6 is 0 Å². The van der Waals surface area contributed by atoms with E-state index in [0.717, 1.165) is 28.1 Å². The van der Waals surface area contributed by atoms with E-state index in [1.807, 2.05) is 25.1 Å². The molecule has 0 aliphatic rings. The number of hydrogen-bond donors (Lipinski definition) is 3. The first-order valence-corrected chi connectivity index (χ1v) is 5.00. The zero-order chi connectivity index (χ0) is 11.1. The average Bonchev–Trinajstić information content (AvgIpc) is 2.84. The van der Waals surface area contributed by atoms with Crippen LogP contribution in [-0.4, -0.2) is 20.2 Å². The van der Waals surface area contributed by atoms with Crippen LogP contribution in [0.25, 0.3) is 22.4 Å². The van der Waals surface area contributed by atoms with E-state index in [9.17, 15) is 0 Å². The maximum atomic E-state index is 5.86. The summed E-state index contributed by atoms with van der Waals surface area (Å²) in [4.78, 5) is 7.70. The molecule has 0 bridgehead atoms. The summed E-state index contributed by atoms with van der Waals surface area (Å²) in [5.74, 6) is 0.791. The number of aryl methyl sites for hydroxylation is 1. The topological polar surface area (TPSA) is 83.4 Å². The van der Waals surface area contributed by atoms with Gasteiger partial charge in [-0.2, -0.15) is 5.10 Å². The molecule has 0 fully saturated rings. The molecule has 16 heavy (non-hydrogen) atoms. The van der Waals surface area contributed by atoms with Gasteiger partial charge in [0.25, 0.3) is 0 Å². The van der Waals surface area contributed by atoms with Gasteiger partial charge in [0.05, 0.1) is 23.0 Å². The average molecular weight is 213 g/mol. The Balaban J connectivity index is 2.27. The number of nitrogens with two attached hydrogens (primary N) is 1. The predicted molar refractivity (Wildman–Crippen MR) is 62.8 cm³/mol. The van der Waals surface area contributed by atoms with Crippen LogP contribution in [0.4, 0.5) is 5.69 Å². The number of aromatic nitrogens is 4. The first-order valence-electron chi connectivity index (χ1n) is 5.00. The van der Waals surface area contributed by atoms with E-state index in [-0.39, 0.29) is 0 Å². The van der Waals surface area contributed by atoms with E-state index in [0.29, 0.717) is 5.69 Å². The van der Waals surface area contributed by atoms with Crippen LogP contribution in [0.2, 0.25) is 0 Å². The number of aromatic amines is 2. The third-order valence-electron chi connectivity index (χ3n) is 2.63. The van der Waals surface area contributed by atoms with Gasteiger partial charge >= 0.3 is 0 Å². The van der Waals surface area contributed by atoms with Crippen molar-refractivity contribution in [1.29, 1.82) is 0 Å². The number of imidazole rings is 1. The SMILES string of the molecule is Cc1[nH]ncc1-c1nc2c(N)cccc2[nH]1. The molecule has 0 aliphatic heterocycles. The first kappa shape index (κ1) is 8.96. The molecule has 5 heteroatoms. The van der Waals surface area contributed by atoms with Gasteiger partial charge in [0.2, 0.25) is 0 Å². The Labute approximate surface area is 91.7 Å². The Morgan fingerprint density at radius 2 is 2.19 bits per heavy atom. The zero-order valence-corrected chi connectivity index (χ0v) is 8.78. The predicted octanol–water partition coefficient (Wildman–Crippen LogP) is 1.84. The standard InChI is InChI=1S/C11H11N5/c1-6-7(5-13-16-6)11-14-9-4-2-3-8(12)10(9)15-11/h2-5H,12H2,1H3,(H,13,16)(H,14,15). The summed E-state index contributed by atoms with van der Waals surface area (Å²) < 4.78 is 0. The first-order chi connectivity index (χ1) is 7.75. The third kappa shape index (κ3) is 1.18. The van der Waals surface area contributed by atoms with Gasteiger partial charge in [0, 0.05) is 5.69 Å². The fraction of sp³-hybridized carbons (Fsp3) is 0.0909. The van der Waals surface area contributed by atoms with Gasteiger partial charge in [-0.05, 0) is 19.1 Å². The van der Waals surface area contributed by atoms with Crippen molar-refractivity contribution >= 4 is 16.7 Å². The van der Waals surface area contributed by atoms with Gasteiger partial charge in [-0.15, -0.1) is 0 Å². The molecule has 0 spiro atoms. The molecule has 0 radical (unpaired) electrons. The quantitative estimate of drug-likeness (QED) is 0.539. The number of nitrogens with one attached hydrogen (secondary N) is 2. The summed E-state index contributed by atoms with van der Waals surface area (Å²) in [6.07, 6.45) is 1.75. The third-order valence-corrected chi connectivity index (χ3v) is 2.63. The van der Waals surface area contributed by atoms with E-state index in [1.54, 1.807) is 6.20 Å². The second-order valence-electron chi connectivity index (χ2n) is 3.74. The van der Waals surface area contributed by atoms with Crippen molar-refractivity contribution in [3.05, 3.63) is 30.1 Å². The van der Waals surface area contributed by atoms with Crippen LogP contribution in [0.1, 0.15) is 5.69 Å². The summed E-state index contributed by atoms with van der Waals surface area (Å²) in [7, 11) is 0. The van der Waals surface area contributed by atoms with E-state index in [1.165, 1.54) is 0 Å². The fourth-order valence-corrected chi connectivity index (χ4v) is 1.77. The molecule has 2 heterocycles. The Hall–Kier alpha value is -2.30. The van der Waals surface area contributed by atoms with Crippen LogP contribution in [0.15, 0.2) is 24.4 Å². The molecule has 0 amide bonds. The Morgan fingerprint density at radius 3 is 2.88 bits per heavy atom. The summed E-state index contributed by atoms with van der Waals surface area (Å²) in [6.45, 7) is 1.96. The lowest BCUT2D eigenvalue weighted by Crippen LogP contribution is -1.85. The highest BCUT2D eigenvalue weighted by molar-refractivity contribution is 5.89. The number of H-pyrrole nitrogens is 2. The molecule has 5 nitrogen and oxygen atoms in total. The lowest BCUT2D eigenvalue weighted by atomic mass is 10.2. The molecule has 80 valence electrons. The maximum Gasteiger partial charge on any atom is 0.142 e. The van der Waals surface area contributed by atoms with Crippen molar-refractivity contribution in [3.8, 4) is 11.4 Å². The molecule has 0 atom stereocenters. The Kier molecular flexibility index (Phi) is 1.73. The highest BCUT2D eigenvalue weighted by atomic mass is 15.1. The number of anilines is 1. The van der Waals surface area contributed by atoms with Crippen molar-refractivity contribution in [2.75, 3.05) is 5.73 Å². The van der Waals surface area contributed by atoms with Gasteiger partial charge in [-0.3, -0.25) is 5.10 Å². The number of nitrogens with zero attached hydrogens (tertiary/aromatic N) is 2. The number of para-hydroxylation sites is 1. The number of nitrogen functional groups attached to an aromatic ring is 1. The van der Waals surface area contributed by atoms with Crippen molar-refractivity contribution in [2.45, 2.75) is 6.92 Å². The lowest BCUT2D eigenvalue weighted by molar-refractivity contribution is 1.05. The van der Waals surface area contributed by atoms with Crippen molar-refractivity contribution in [3.63, 3.8) is 0 Å². The normalized spacial score (nSPS) is 11.1. The van der Waals surface area contributed by atoms with Crippen molar-refractivity contribution in [1.82, 2.24) is 20.2 Å². The van der Waals surface area contributed by atoms with Crippen LogP contribution in [0.3, 0.4) is 0 Å². The summed E-state index contributed by atoms with van der Waals surface area (Å²) in [5, 5.41) is 6.86. The number of hydrogen-bond acceptors (Lipinski definition) is 3. The molecule has 3 rings (SSSR count). The summed E-state index contributed by atoms with van der Waals surface area (Å²) >= 11 is 0. The Morgan fingerprint density at radius 1 is 1.31 bits per heavy atom. The van der Waals surface area contributed by atoms with Crippen LogP contribution < -0.4 is 5.73 Å². The second kappa shape index (κ2) is 3.10. The lowest BCUT2D eigenvalue weighted by Gasteiger charge is -1.91. The largest absolute Gasteiger partial charge is 0.397 e. The molecule has 1 aromatic carbocycles. The minimum atomic E-state index is 0.682. The molecule has 0 saturated heterocycles. The highest BCUT2D eigenvalue weighted by Crippen LogP contribution is 2.24. The van der Waals surface area contributed by atoms with Crippen molar-refractivity contribution in [2.24, 2.45) is 0 Å². The van der Waals surface area contributed by atoms with E-state index in [4.69, 9.17) is 5.73 Å². The number of rotatable bonds is 1. The van der Waals surface area contributed by atoms with Crippen molar-refractivity contribution < 1.29 is 0 Å². The van der Waals surface area contributed by atoms with Gasteiger partial charge in [0.15, 0.2) is 0 Å². The number of fused-ring (bicyclic) bond motifs is 1. The minimum absolute atomic E-state index is 0.682. The van der Waals surface area contributed by atoms with Crippen LogP contribution in [0.5, 0.6) is 0 Å². The number of benzene rings is 1. The molecule has 0 saturated carbocycles. The molecular formula is C11H11N5. The van der Waals surface area contributed by atoms with Crippen LogP contribution in [0, 0.1) is 6.92 Å². The van der Waals surface area contributed by atoms with E-state index in [2.05, 4.69) is 20.2 Å². The molecule has 4 N–H and O–H groups in total. The van der Waals surface area contributed by atoms with Gasteiger partial charge in [0.1, 0.15) is 11.3 Å². The second-order valence-corrected chi connectivity index (χ2v) is 3.74. The molecule has 2 aromatic heterocycles. The smallest absolute Gasteiger partial charge is 0.142 e. The zero-order valence-electron chi connectivity index (χ0n) is 8.78. The molecular weight excluding hydrogens is 202 g/mol. The minimum Gasteiger partial charge on any atom is -0.397 e. The molecule has 3 aromatic rings. The van der Waals surface area contributed by atoms with Crippen LogP contribution in [-0.2, 0) is 0 Å². The van der Waals surface area contributed by atoms with Gasteiger partial charge in [-0.1, -0.05) is 6.07 Å². The van der Waals surface area contributed by atoms with E-state index < -0.39 is 0 Å². The van der Waals surface area contributed by atoms with Gasteiger partial charge in [-0.25, -0.2) is 4.98 Å². The highest BCUT2D eigenvalue weighted by Gasteiger charge is 2.10. The fourth-order valence-electron chi connectivity index (χ4n) is 1.77.